The van der Waals surface area contributed by atoms with E-state index in [-0.39, 0.29) is 31.1 Å². The van der Waals surface area contributed by atoms with Crippen LogP contribution in [0, 0.1) is 5.82 Å². The minimum absolute atomic E-state index is 0.139. The molecule has 0 bridgehead atoms. The average molecular weight is 422 g/mol. The molecule has 1 aliphatic heterocycles. The van der Waals surface area contributed by atoms with Gasteiger partial charge in [-0.3, -0.25) is 5.32 Å². The summed E-state index contributed by atoms with van der Waals surface area (Å²) in [4.78, 5) is 36.5. The molecule has 1 atom stereocenters. The molecule has 0 saturated heterocycles. The summed E-state index contributed by atoms with van der Waals surface area (Å²) in [6.45, 7) is 7.44. The zero-order valence-electron chi connectivity index (χ0n) is 17.4. The van der Waals surface area contributed by atoms with Crippen LogP contribution in [0.2, 0.25) is 0 Å². The van der Waals surface area contributed by atoms with Crippen molar-refractivity contribution < 1.29 is 28.2 Å². The number of rotatable bonds is 7. The Bertz CT molecular complexity index is 817. The van der Waals surface area contributed by atoms with E-state index in [1.807, 2.05) is 0 Å². The van der Waals surface area contributed by atoms with Gasteiger partial charge in [-0.15, -0.1) is 0 Å². The number of benzene rings is 1. The molecule has 0 radical (unpaired) electrons. The van der Waals surface area contributed by atoms with E-state index in [0.717, 1.165) is 0 Å². The summed E-state index contributed by atoms with van der Waals surface area (Å²) in [5, 5.41) is 10.7. The molecule has 1 heterocycles. The molecule has 2 rings (SSSR count). The second-order valence-electron chi connectivity index (χ2n) is 7.45. The van der Waals surface area contributed by atoms with Crippen LogP contribution < -0.4 is 21.3 Å². The third-order valence-electron chi connectivity index (χ3n) is 3.87. The van der Waals surface area contributed by atoms with E-state index in [4.69, 9.17) is 9.47 Å². The third-order valence-corrected chi connectivity index (χ3v) is 3.87. The van der Waals surface area contributed by atoms with Crippen LogP contribution in [0.5, 0.6) is 0 Å². The second-order valence-corrected chi connectivity index (χ2v) is 7.45. The van der Waals surface area contributed by atoms with Gasteiger partial charge < -0.3 is 25.4 Å². The fourth-order valence-electron chi connectivity index (χ4n) is 2.70. The Labute approximate surface area is 174 Å². The molecule has 0 aromatic heterocycles. The Morgan fingerprint density at radius 2 is 1.83 bits per heavy atom. The zero-order valence-corrected chi connectivity index (χ0v) is 17.4. The van der Waals surface area contributed by atoms with Crippen molar-refractivity contribution >= 4 is 18.1 Å². The Kier molecular flexibility index (Phi) is 7.62. The van der Waals surface area contributed by atoms with Gasteiger partial charge in [0.05, 0.1) is 12.6 Å². The molecular formula is C20H27FN4O5. The number of esters is 1. The van der Waals surface area contributed by atoms with Gasteiger partial charge in [0.15, 0.2) is 0 Å². The first-order chi connectivity index (χ1) is 14.1. The lowest BCUT2D eigenvalue weighted by molar-refractivity contribution is -0.139. The second kappa shape index (κ2) is 9.95. The van der Waals surface area contributed by atoms with Crippen LogP contribution >= 0.6 is 0 Å². The molecule has 0 saturated carbocycles. The molecule has 164 valence electrons. The van der Waals surface area contributed by atoms with Crippen LogP contribution in [0.25, 0.3) is 0 Å². The number of carbonyl (C=O) groups is 3. The largest absolute Gasteiger partial charge is 0.462 e. The smallest absolute Gasteiger partial charge is 0.407 e. The summed E-state index contributed by atoms with van der Waals surface area (Å²) in [6, 6.07) is 4.06. The molecule has 0 spiro atoms. The van der Waals surface area contributed by atoms with Crippen LogP contribution in [-0.2, 0) is 14.3 Å². The Balaban J connectivity index is 2.17. The fraction of sp³-hybridized carbons (Fsp3) is 0.450. The van der Waals surface area contributed by atoms with Crippen LogP contribution in [0.4, 0.5) is 14.0 Å². The molecule has 1 aliphatic rings. The van der Waals surface area contributed by atoms with Crippen LogP contribution in [-0.4, -0.2) is 43.4 Å². The number of alkyl carbamates (subject to hydrolysis) is 1. The fourth-order valence-corrected chi connectivity index (χ4v) is 2.70. The van der Waals surface area contributed by atoms with Gasteiger partial charge in [-0.05, 0) is 45.4 Å². The number of hydrogen-bond acceptors (Lipinski definition) is 6. The lowest BCUT2D eigenvalue weighted by atomic mass is 9.97. The molecule has 1 aromatic rings. The van der Waals surface area contributed by atoms with Gasteiger partial charge in [-0.1, -0.05) is 12.1 Å². The van der Waals surface area contributed by atoms with E-state index >= 15 is 0 Å². The highest BCUT2D eigenvalue weighted by Crippen LogP contribution is 2.27. The summed E-state index contributed by atoms with van der Waals surface area (Å²) in [7, 11) is 0. The van der Waals surface area contributed by atoms with Gasteiger partial charge in [0, 0.05) is 13.1 Å². The predicted octanol–water partition coefficient (Wildman–Crippen LogP) is 2.07. The SMILES string of the molecule is CCOC(=O)C1=C(NCCNC(=O)OC(C)(C)C)NC(=O)NC1c1ccc(F)cc1. The van der Waals surface area contributed by atoms with E-state index in [2.05, 4.69) is 21.3 Å². The number of halogens is 1. The van der Waals surface area contributed by atoms with E-state index in [1.54, 1.807) is 27.7 Å². The van der Waals surface area contributed by atoms with Crippen molar-refractivity contribution in [2.24, 2.45) is 0 Å². The van der Waals surface area contributed by atoms with E-state index in [9.17, 15) is 18.8 Å². The van der Waals surface area contributed by atoms with Gasteiger partial charge >= 0.3 is 18.1 Å². The van der Waals surface area contributed by atoms with Crippen molar-refractivity contribution in [1.82, 2.24) is 21.3 Å². The van der Waals surface area contributed by atoms with Crippen molar-refractivity contribution in [3.63, 3.8) is 0 Å². The number of urea groups is 1. The maximum absolute atomic E-state index is 13.3. The highest BCUT2D eigenvalue weighted by atomic mass is 19.1. The minimum atomic E-state index is -0.834. The molecule has 10 heteroatoms. The topological polar surface area (TPSA) is 118 Å². The van der Waals surface area contributed by atoms with Crippen LogP contribution in [0.3, 0.4) is 0 Å². The Hall–Kier alpha value is -3.30. The molecule has 9 nitrogen and oxygen atoms in total. The molecule has 1 unspecified atom stereocenters. The number of hydrogen-bond donors (Lipinski definition) is 4. The average Bonchev–Trinajstić information content (AvgIpc) is 2.64. The lowest BCUT2D eigenvalue weighted by Gasteiger charge is -2.29. The predicted molar refractivity (Wildman–Crippen MR) is 107 cm³/mol. The quantitative estimate of drug-likeness (QED) is 0.395. The van der Waals surface area contributed by atoms with Crippen LogP contribution in [0.1, 0.15) is 39.3 Å². The van der Waals surface area contributed by atoms with E-state index < -0.39 is 35.6 Å². The maximum atomic E-state index is 13.3. The maximum Gasteiger partial charge on any atom is 0.407 e. The van der Waals surface area contributed by atoms with E-state index in [1.165, 1.54) is 24.3 Å². The van der Waals surface area contributed by atoms with Crippen molar-refractivity contribution in [2.45, 2.75) is 39.3 Å². The molecule has 1 aromatic carbocycles. The minimum Gasteiger partial charge on any atom is -0.462 e. The monoisotopic (exact) mass is 422 g/mol. The number of amides is 3. The van der Waals surface area contributed by atoms with Crippen LogP contribution in [0.15, 0.2) is 35.7 Å². The standard InChI is InChI=1S/C20H27FN4O5/c1-5-29-17(26)14-15(12-6-8-13(21)9-7-12)24-18(27)25-16(14)22-10-11-23-19(28)30-20(2,3)4/h6-9,15,22H,5,10-11H2,1-4H3,(H,23,28)(H2,24,25,27). The van der Waals surface area contributed by atoms with Gasteiger partial charge in [0.1, 0.15) is 22.8 Å². The third kappa shape index (κ3) is 6.64. The summed E-state index contributed by atoms with van der Waals surface area (Å²) in [5.74, 6) is -0.924. The van der Waals surface area contributed by atoms with Crippen molar-refractivity contribution in [3.8, 4) is 0 Å². The Morgan fingerprint density at radius 1 is 1.17 bits per heavy atom. The number of carbonyl (C=O) groups excluding carboxylic acids is 3. The van der Waals surface area contributed by atoms with Crippen molar-refractivity contribution in [1.29, 1.82) is 0 Å². The van der Waals surface area contributed by atoms with Gasteiger partial charge in [-0.2, -0.15) is 0 Å². The molecule has 0 fully saturated rings. The summed E-state index contributed by atoms with van der Waals surface area (Å²) >= 11 is 0. The first kappa shape index (κ1) is 23.0. The number of ether oxygens (including phenoxy) is 2. The normalized spacial score (nSPS) is 16.3. The van der Waals surface area contributed by atoms with Crippen molar-refractivity contribution in [3.05, 3.63) is 47.0 Å². The molecule has 3 amide bonds. The number of nitrogens with one attached hydrogen (secondary N) is 4. The first-order valence-corrected chi connectivity index (χ1v) is 9.55. The molecule has 0 aliphatic carbocycles. The lowest BCUT2D eigenvalue weighted by Crippen LogP contribution is -2.50. The summed E-state index contributed by atoms with van der Waals surface area (Å²) in [5.41, 5.74) is 0.0310. The zero-order chi connectivity index (χ0) is 22.3. The van der Waals surface area contributed by atoms with E-state index in [0.29, 0.717) is 5.56 Å². The van der Waals surface area contributed by atoms with Gasteiger partial charge in [0.25, 0.3) is 0 Å². The van der Waals surface area contributed by atoms with Crippen molar-refractivity contribution in [2.75, 3.05) is 19.7 Å². The summed E-state index contributed by atoms with van der Waals surface area (Å²) < 4.78 is 23.6. The molecular weight excluding hydrogens is 395 g/mol. The van der Waals surface area contributed by atoms with Gasteiger partial charge in [-0.25, -0.2) is 18.8 Å². The Morgan fingerprint density at radius 3 is 2.43 bits per heavy atom. The highest BCUT2D eigenvalue weighted by molar-refractivity contribution is 5.95. The molecule has 30 heavy (non-hydrogen) atoms. The highest BCUT2D eigenvalue weighted by Gasteiger charge is 2.34. The summed E-state index contributed by atoms with van der Waals surface area (Å²) in [6.07, 6.45) is -0.581. The molecule has 4 N–H and O–H groups in total. The van der Waals surface area contributed by atoms with Gasteiger partial charge in [0.2, 0.25) is 0 Å². The first-order valence-electron chi connectivity index (χ1n) is 9.55.